The molecule has 2 N–H and O–H groups in total. The maximum absolute atomic E-state index is 5.54. The van der Waals surface area contributed by atoms with Crippen LogP contribution in [0, 0.1) is 0 Å². The second-order valence-corrected chi connectivity index (χ2v) is 5.16. The van der Waals surface area contributed by atoms with E-state index in [0.717, 1.165) is 27.6 Å². The Morgan fingerprint density at radius 1 is 1.35 bits per heavy atom. The van der Waals surface area contributed by atoms with Crippen molar-refractivity contribution in [2.45, 2.75) is 6.42 Å². The van der Waals surface area contributed by atoms with Crippen LogP contribution in [0.4, 0.5) is 11.5 Å². The molecule has 0 saturated heterocycles. The zero-order chi connectivity index (χ0) is 14.5. The lowest BCUT2D eigenvalue weighted by atomic mass is 10.2. The molecule has 106 valence electrons. The van der Waals surface area contributed by atoms with Crippen molar-refractivity contribution in [2.75, 3.05) is 25.6 Å². The number of benzene rings is 1. The summed E-state index contributed by atoms with van der Waals surface area (Å²) >= 11 is 3.47. The molecule has 0 fully saturated rings. The Labute approximate surface area is 126 Å². The topological polar surface area (TPSA) is 64.3 Å². The molecule has 0 amide bonds. The molecule has 0 aliphatic rings. The van der Waals surface area contributed by atoms with E-state index in [1.165, 1.54) is 0 Å². The van der Waals surface area contributed by atoms with Gasteiger partial charge in [0.25, 0.3) is 0 Å². The number of methoxy groups -OCH3 is 1. The summed E-state index contributed by atoms with van der Waals surface area (Å²) in [6, 6.07) is 7.71. The van der Waals surface area contributed by atoms with E-state index in [9.17, 15) is 0 Å². The van der Waals surface area contributed by atoms with Gasteiger partial charge in [0.2, 0.25) is 0 Å². The van der Waals surface area contributed by atoms with E-state index in [1.807, 2.05) is 36.2 Å². The quantitative estimate of drug-likeness (QED) is 0.908. The molecule has 0 bridgehead atoms. The summed E-state index contributed by atoms with van der Waals surface area (Å²) in [5, 5.41) is 0. The number of ether oxygens (including phenoxy) is 1. The van der Waals surface area contributed by atoms with Crippen LogP contribution in [0.3, 0.4) is 0 Å². The van der Waals surface area contributed by atoms with E-state index in [4.69, 9.17) is 10.5 Å². The molecule has 1 aromatic carbocycles. The van der Waals surface area contributed by atoms with Crippen LogP contribution in [-0.2, 0) is 6.42 Å². The number of hydrogen-bond acceptors (Lipinski definition) is 5. The van der Waals surface area contributed by atoms with E-state index < -0.39 is 0 Å². The molecule has 2 rings (SSSR count). The van der Waals surface area contributed by atoms with Gasteiger partial charge >= 0.3 is 0 Å². The second kappa shape index (κ2) is 6.67. The van der Waals surface area contributed by atoms with Crippen molar-refractivity contribution in [3.63, 3.8) is 0 Å². The minimum absolute atomic E-state index is 0.535. The first-order valence-corrected chi connectivity index (χ1v) is 7.04. The highest BCUT2D eigenvalue weighted by Crippen LogP contribution is 2.33. The van der Waals surface area contributed by atoms with Gasteiger partial charge in [-0.1, -0.05) is 15.9 Å². The van der Waals surface area contributed by atoms with Crippen LogP contribution in [-0.4, -0.2) is 30.7 Å². The van der Waals surface area contributed by atoms with Crippen molar-refractivity contribution in [1.29, 1.82) is 0 Å². The van der Waals surface area contributed by atoms with Crippen molar-refractivity contribution in [3.8, 4) is 5.75 Å². The Bertz CT molecular complexity index is 591. The molecule has 0 unspecified atom stereocenters. The van der Waals surface area contributed by atoms with E-state index >= 15 is 0 Å². The van der Waals surface area contributed by atoms with Crippen LogP contribution in [0.2, 0.25) is 0 Å². The van der Waals surface area contributed by atoms with Gasteiger partial charge in [0.15, 0.2) is 0 Å². The van der Waals surface area contributed by atoms with E-state index in [2.05, 4.69) is 25.9 Å². The Kier molecular flexibility index (Phi) is 4.92. The summed E-state index contributed by atoms with van der Waals surface area (Å²) in [5.41, 5.74) is 6.47. The summed E-state index contributed by atoms with van der Waals surface area (Å²) in [7, 11) is 3.60. The highest BCUT2D eigenvalue weighted by Gasteiger charge is 2.12. The predicted molar refractivity (Wildman–Crippen MR) is 83.5 cm³/mol. The van der Waals surface area contributed by atoms with E-state index in [0.29, 0.717) is 13.0 Å². The van der Waals surface area contributed by atoms with Gasteiger partial charge in [-0.05, 0) is 30.8 Å². The normalized spacial score (nSPS) is 10.4. The van der Waals surface area contributed by atoms with Gasteiger partial charge in [-0.2, -0.15) is 0 Å². The average Bonchev–Trinajstić information content (AvgIpc) is 2.47. The number of nitrogens with zero attached hydrogens (tertiary/aromatic N) is 3. The molecule has 0 aliphatic heterocycles. The summed E-state index contributed by atoms with van der Waals surface area (Å²) < 4.78 is 6.38. The first-order valence-electron chi connectivity index (χ1n) is 6.25. The Morgan fingerprint density at radius 3 is 2.85 bits per heavy atom. The van der Waals surface area contributed by atoms with Gasteiger partial charge in [-0.25, -0.2) is 9.97 Å². The molecular formula is C14H17BrN4O. The van der Waals surface area contributed by atoms with Crippen LogP contribution in [0.25, 0.3) is 0 Å². The molecule has 0 saturated carbocycles. The van der Waals surface area contributed by atoms with Crippen LogP contribution >= 0.6 is 15.9 Å². The number of rotatable bonds is 5. The van der Waals surface area contributed by atoms with Crippen molar-refractivity contribution in [1.82, 2.24) is 9.97 Å². The molecule has 0 atom stereocenters. The Hall–Kier alpha value is -1.66. The summed E-state index contributed by atoms with van der Waals surface area (Å²) in [6.45, 7) is 0.535. The number of aromatic nitrogens is 2. The highest BCUT2D eigenvalue weighted by molar-refractivity contribution is 9.10. The molecule has 0 spiro atoms. The van der Waals surface area contributed by atoms with Crippen LogP contribution < -0.4 is 15.4 Å². The Balaban J connectivity index is 2.37. The molecule has 0 radical (unpaired) electrons. The summed E-state index contributed by atoms with van der Waals surface area (Å²) in [4.78, 5) is 10.7. The zero-order valence-electron chi connectivity index (χ0n) is 11.5. The van der Waals surface area contributed by atoms with Crippen LogP contribution in [0.15, 0.2) is 34.9 Å². The molecule has 5 nitrogen and oxygen atoms in total. The maximum Gasteiger partial charge on any atom is 0.142 e. The lowest BCUT2D eigenvalue weighted by molar-refractivity contribution is 0.415. The molecule has 2 aromatic rings. The number of anilines is 2. The Morgan fingerprint density at radius 2 is 2.15 bits per heavy atom. The molecular weight excluding hydrogens is 320 g/mol. The van der Waals surface area contributed by atoms with Gasteiger partial charge in [-0.3, -0.25) is 0 Å². The summed E-state index contributed by atoms with van der Waals surface area (Å²) in [5.74, 6) is 2.33. The third kappa shape index (κ3) is 3.26. The first-order chi connectivity index (χ1) is 9.65. The lowest BCUT2D eigenvalue weighted by Crippen LogP contribution is -2.14. The lowest BCUT2D eigenvalue weighted by Gasteiger charge is -2.21. The molecule has 1 heterocycles. The molecule has 20 heavy (non-hydrogen) atoms. The number of halogens is 1. The standard InChI is InChI=1S/C14H17BrN4O/c1-19(11-9-10(15)3-4-12(11)20-2)14-6-8-17-13(18-14)5-7-16/h3-4,6,8-9H,5,7,16H2,1-2H3. The van der Waals surface area contributed by atoms with Gasteiger partial charge in [-0.15, -0.1) is 0 Å². The maximum atomic E-state index is 5.54. The van der Waals surface area contributed by atoms with Crippen molar-refractivity contribution < 1.29 is 4.74 Å². The predicted octanol–water partition coefficient (Wildman–Crippen LogP) is 2.52. The minimum atomic E-state index is 0.535. The average molecular weight is 337 g/mol. The fourth-order valence-corrected chi connectivity index (χ4v) is 2.22. The third-order valence-electron chi connectivity index (χ3n) is 2.90. The smallest absolute Gasteiger partial charge is 0.142 e. The minimum Gasteiger partial charge on any atom is -0.495 e. The van der Waals surface area contributed by atoms with Gasteiger partial charge < -0.3 is 15.4 Å². The van der Waals surface area contributed by atoms with E-state index in [1.54, 1.807) is 13.3 Å². The van der Waals surface area contributed by atoms with Crippen molar-refractivity contribution >= 4 is 27.4 Å². The highest BCUT2D eigenvalue weighted by atomic mass is 79.9. The van der Waals surface area contributed by atoms with E-state index in [-0.39, 0.29) is 0 Å². The SMILES string of the molecule is COc1ccc(Br)cc1N(C)c1ccnc(CCN)n1. The van der Waals surface area contributed by atoms with Crippen LogP contribution in [0.1, 0.15) is 5.82 Å². The van der Waals surface area contributed by atoms with Crippen molar-refractivity contribution in [2.24, 2.45) is 5.73 Å². The molecule has 6 heteroatoms. The fraction of sp³-hybridized carbons (Fsp3) is 0.286. The summed E-state index contributed by atoms with van der Waals surface area (Å²) in [6.07, 6.45) is 2.41. The van der Waals surface area contributed by atoms with Gasteiger partial charge in [0.1, 0.15) is 17.4 Å². The van der Waals surface area contributed by atoms with Crippen molar-refractivity contribution in [3.05, 3.63) is 40.8 Å². The van der Waals surface area contributed by atoms with Gasteiger partial charge in [0.05, 0.1) is 12.8 Å². The number of nitrogens with two attached hydrogens (primary N) is 1. The third-order valence-corrected chi connectivity index (χ3v) is 3.40. The van der Waals surface area contributed by atoms with Crippen LogP contribution in [0.5, 0.6) is 5.75 Å². The first kappa shape index (κ1) is 14.7. The second-order valence-electron chi connectivity index (χ2n) is 4.24. The van der Waals surface area contributed by atoms with Gasteiger partial charge in [0, 0.05) is 24.1 Å². The number of hydrogen-bond donors (Lipinski definition) is 1. The molecule has 1 aromatic heterocycles. The monoisotopic (exact) mass is 336 g/mol. The largest absolute Gasteiger partial charge is 0.495 e. The molecule has 0 aliphatic carbocycles. The fourth-order valence-electron chi connectivity index (χ4n) is 1.87. The zero-order valence-corrected chi connectivity index (χ0v) is 13.1.